The number of aryl methyl sites for hydroxylation is 2. The molecule has 136 valence electrons. The van der Waals surface area contributed by atoms with Crippen molar-refractivity contribution in [1.29, 1.82) is 0 Å². The van der Waals surface area contributed by atoms with Crippen molar-refractivity contribution < 1.29 is 9.53 Å². The zero-order valence-electron chi connectivity index (χ0n) is 15.4. The van der Waals surface area contributed by atoms with E-state index in [1.807, 2.05) is 51.1 Å². The first-order valence-corrected chi connectivity index (χ1v) is 8.46. The lowest BCUT2D eigenvalue weighted by atomic mass is 10.1. The molecule has 0 fully saturated rings. The highest BCUT2D eigenvalue weighted by Gasteiger charge is 2.18. The molecule has 0 aliphatic carbocycles. The molecule has 0 spiro atoms. The smallest absolute Gasteiger partial charge is 0.244 e. The van der Waals surface area contributed by atoms with Crippen molar-refractivity contribution >= 4 is 5.91 Å². The Kier molecular flexibility index (Phi) is 5.06. The van der Waals surface area contributed by atoms with E-state index in [0.717, 1.165) is 34.0 Å². The number of benzene rings is 1. The second-order valence-electron chi connectivity index (χ2n) is 6.26. The number of hydrogen-bond acceptors (Lipinski definition) is 4. The Hall–Kier alpha value is -3.09. The third kappa shape index (κ3) is 3.61. The highest BCUT2D eigenvalue weighted by atomic mass is 16.5. The maximum absolute atomic E-state index is 12.5. The molecule has 0 aliphatic heterocycles. The van der Waals surface area contributed by atoms with E-state index >= 15 is 0 Å². The maximum atomic E-state index is 12.5. The number of nitrogens with zero attached hydrogens (tertiary/aromatic N) is 3. The molecular formula is C19H23N5O2. The molecule has 0 unspecified atom stereocenters. The Morgan fingerprint density at radius 1 is 1.31 bits per heavy atom. The number of amides is 1. The molecule has 2 aromatic heterocycles. The lowest BCUT2D eigenvalue weighted by Gasteiger charge is -2.14. The van der Waals surface area contributed by atoms with Gasteiger partial charge in [0.2, 0.25) is 5.91 Å². The van der Waals surface area contributed by atoms with Crippen LogP contribution >= 0.6 is 0 Å². The van der Waals surface area contributed by atoms with Crippen LogP contribution in [0.4, 0.5) is 0 Å². The van der Waals surface area contributed by atoms with Crippen LogP contribution in [0.15, 0.2) is 36.5 Å². The van der Waals surface area contributed by atoms with Crippen LogP contribution in [0, 0.1) is 13.8 Å². The molecule has 7 heteroatoms. The van der Waals surface area contributed by atoms with E-state index < -0.39 is 0 Å². The maximum Gasteiger partial charge on any atom is 0.244 e. The average molecular weight is 353 g/mol. The van der Waals surface area contributed by atoms with Crippen LogP contribution in [-0.4, -0.2) is 33.0 Å². The van der Waals surface area contributed by atoms with Crippen LogP contribution in [0.5, 0.6) is 5.75 Å². The van der Waals surface area contributed by atoms with Crippen molar-refractivity contribution in [3.05, 3.63) is 53.5 Å². The van der Waals surface area contributed by atoms with Gasteiger partial charge in [0, 0.05) is 23.4 Å². The predicted molar refractivity (Wildman–Crippen MR) is 98.8 cm³/mol. The van der Waals surface area contributed by atoms with Gasteiger partial charge in [-0.2, -0.15) is 10.2 Å². The van der Waals surface area contributed by atoms with Crippen LogP contribution in [0.3, 0.4) is 0 Å². The van der Waals surface area contributed by atoms with Gasteiger partial charge in [-0.1, -0.05) is 0 Å². The monoisotopic (exact) mass is 353 g/mol. The minimum absolute atomic E-state index is 0.0851. The van der Waals surface area contributed by atoms with E-state index in [1.54, 1.807) is 18.0 Å². The normalized spacial score (nSPS) is 12.0. The standard InChI is InChI=1S/C19H23N5O2/c1-12-9-13(2)24(23-12)14(3)19(25)20-10-16-11-21-22-18(16)15-5-7-17(26-4)8-6-15/h5-9,11,14H,10H2,1-4H3,(H,20,25)(H,21,22)/t14-/m1/s1. The molecule has 0 radical (unpaired) electrons. The molecule has 7 nitrogen and oxygen atoms in total. The van der Waals surface area contributed by atoms with E-state index in [4.69, 9.17) is 4.74 Å². The number of aromatic amines is 1. The van der Waals surface area contributed by atoms with Gasteiger partial charge < -0.3 is 10.1 Å². The summed E-state index contributed by atoms with van der Waals surface area (Å²) in [7, 11) is 1.64. The van der Waals surface area contributed by atoms with Gasteiger partial charge in [0.15, 0.2) is 0 Å². The van der Waals surface area contributed by atoms with Gasteiger partial charge >= 0.3 is 0 Å². The fourth-order valence-electron chi connectivity index (χ4n) is 2.93. The Bertz CT molecular complexity index is 895. The summed E-state index contributed by atoms with van der Waals surface area (Å²) in [6.45, 7) is 6.09. The number of methoxy groups -OCH3 is 1. The number of hydrogen-bond donors (Lipinski definition) is 2. The summed E-state index contributed by atoms with van der Waals surface area (Å²) in [4.78, 5) is 12.5. The average Bonchev–Trinajstić information content (AvgIpc) is 3.25. The minimum Gasteiger partial charge on any atom is -0.497 e. The number of H-pyrrole nitrogens is 1. The second kappa shape index (κ2) is 7.43. The summed E-state index contributed by atoms with van der Waals surface area (Å²) in [5, 5.41) is 14.5. The molecule has 0 aliphatic rings. The van der Waals surface area contributed by atoms with Gasteiger partial charge in [0.05, 0.1) is 24.7 Å². The van der Waals surface area contributed by atoms with Crippen molar-refractivity contribution in [1.82, 2.24) is 25.3 Å². The van der Waals surface area contributed by atoms with Gasteiger partial charge in [-0.3, -0.25) is 14.6 Å². The Balaban J connectivity index is 1.69. The number of aromatic nitrogens is 4. The van der Waals surface area contributed by atoms with Crippen molar-refractivity contribution in [3.63, 3.8) is 0 Å². The molecule has 1 amide bonds. The molecule has 3 rings (SSSR count). The number of ether oxygens (including phenoxy) is 1. The molecule has 26 heavy (non-hydrogen) atoms. The van der Waals surface area contributed by atoms with Crippen LogP contribution < -0.4 is 10.1 Å². The molecule has 1 atom stereocenters. The molecule has 0 bridgehead atoms. The Morgan fingerprint density at radius 3 is 2.65 bits per heavy atom. The number of rotatable bonds is 6. The SMILES string of the molecule is COc1ccc(-c2[nH]ncc2CNC(=O)[C@@H](C)n2nc(C)cc2C)cc1. The van der Waals surface area contributed by atoms with Crippen molar-refractivity contribution in [2.45, 2.75) is 33.4 Å². The summed E-state index contributed by atoms with van der Waals surface area (Å²) in [5.41, 5.74) is 4.65. The zero-order valence-corrected chi connectivity index (χ0v) is 15.4. The van der Waals surface area contributed by atoms with E-state index in [0.29, 0.717) is 6.54 Å². The van der Waals surface area contributed by atoms with Crippen molar-refractivity contribution in [2.24, 2.45) is 0 Å². The summed E-state index contributed by atoms with van der Waals surface area (Å²) in [5.74, 6) is 0.708. The third-order valence-electron chi connectivity index (χ3n) is 4.34. The quantitative estimate of drug-likeness (QED) is 0.714. The molecule has 0 saturated heterocycles. The molecule has 3 aromatic rings. The highest BCUT2D eigenvalue weighted by molar-refractivity contribution is 5.80. The molecule has 2 heterocycles. The summed E-state index contributed by atoms with van der Waals surface area (Å²) in [6.07, 6.45) is 1.73. The minimum atomic E-state index is -0.375. The molecular weight excluding hydrogens is 330 g/mol. The molecule has 2 N–H and O–H groups in total. The van der Waals surface area contributed by atoms with E-state index in [1.165, 1.54) is 0 Å². The van der Waals surface area contributed by atoms with Gasteiger partial charge in [-0.15, -0.1) is 0 Å². The van der Waals surface area contributed by atoms with Crippen molar-refractivity contribution in [2.75, 3.05) is 7.11 Å². The Morgan fingerprint density at radius 2 is 2.04 bits per heavy atom. The molecule has 1 aromatic carbocycles. The van der Waals surface area contributed by atoms with Gasteiger partial charge in [-0.25, -0.2) is 0 Å². The van der Waals surface area contributed by atoms with Crippen LogP contribution in [0.2, 0.25) is 0 Å². The van der Waals surface area contributed by atoms with Gasteiger partial charge in [-0.05, 0) is 51.1 Å². The van der Waals surface area contributed by atoms with E-state index in [2.05, 4.69) is 20.6 Å². The van der Waals surface area contributed by atoms with Crippen molar-refractivity contribution in [3.8, 4) is 17.0 Å². The first-order valence-electron chi connectivity index (χ1n) is 8.46. The van der Waals surface area contributed by atoms with Gasteiger partial charge in [0.1, 0.15) is 11.8 Å². The fourth-order valence-corrected chi connectivity index (χ4v) is 2.93. The number of nitrogens with one attached hydrogen (secondary N) is 2. The lowest BCUT2D eigenvalue weighted by molar-refractivity contribution is -0.124. The number of carbonyl (C=O) groups is 1. The van der Waals surface area contributed by atoms with Gasteiger partial charge in [0.25, 0.3) is 0 Å². The third-order valence-corrected chi connectivity index (χ3v) is 4.34. The largest absolute Gasteiger partial charge is 0.497 e. The van der Waals surface area contributed by atoms with E-state index in [-0.39, 0.29) is 11.9 Å². The number of carbonyl (C=O) groups excluding carboxylic acids is 1. The molecule has 0 saturated carbocycles. The van der Waals surface area contributed by atoms with Crippen LogP contribution in [0.25, 0.3) is 11.3 Å². The van der Waals surface area contributed by atoms with Crippen LogP contribution in [-0.2, 0) is 11.3 Å². The van der Waals surface area contributed by atoms with E-state index in [9.17, 15) is 4.79 Å². The first-order chi connectivity index (χ1) is 12.5. The fraction of sp³-hybridized carbons (Fsp3) is 0.316. The predicted octanol–water partition coefficient (Wildman–Crippen LogP) is 2.78. The van der Waals surface area contributed by atoms with Crippen LogP contribution in [0.1, 0.15) is 29.9 Å². The topological polar surface area (TPSA) is 84.8 Å². The Labute approximate surface area is 152 Å². The first kappa shape index (κ1) is 17.7. The highest BCUT2D eigenvalue weighted by Crippen LogP contribution is 2.23. The zero-order chi connectivity index (χ0) is 18.7. The summed E-state index contributed by atoms with van der Waals surface area (Å²) in [6, 6.07) is 9.28. The lowest BCUT2D eigenvalue weighted by Crippen LogP contribution is -2.31. The summed E-state index contributed by atoms with van der Waals surface area (Å²) >= 11 is 0. The summed E-state index contributed by atoms with van der Waals surface area (Å²) < 4.78 is 6.92. The second-order valence-corrected chi connectivity index (χ2v) is 6.26.